The molecule has 4 heteroatoms. The van der Waals surface area contributed by atoms with Crippen molar-refractivity contribution >= 4 is 34.8 Å². The molecule has 0 saturated carbocycles. The first-order valence-electron chi connectivity index (χ1n) is 7.53. The Hall–Kier alpha value is -1.20. The Labute approximate surface area is 153 Å². The third kappa shape index (κ3) is 4.21. The monoisotopic (exact) mass is 365 g/mol. The lowest BCUT2D eigenvalue weighted by molar-refractivity contribution is 0.627. The van der Waals surface area contributed by atoms with Crippen LogP contribution in [0.3, 0.4) is 0 Å². The number of hydrogen-bond acceptors (Lipinski definition) is 1. The van der Waals surface area contributed by atoms with E-state index >= 15 is 0 Å². The Morgan fingerprint density at radius 1 is 1.26 bits per heavy atom. The van der Waals surface area contributed by atoms with Crippen LogP contribution in [-0.4, -0.2) is 4.98 Å². The normalized spacial score (nSPS) is 14.5. The van der Waals surface area contributed by atoms with E-state index in [0.29, 0.717) is 10.0 Å². The van der Waals surface area contributed by atoms with Crippen molar-refractivity contribution < 1.29 is 0 Å². The van der Waals surface area contributed by atoms with Crippen molar-refractivity contribution in [1.82, 2.24) is 4.98 Å². The second-order valence-electron chi connectivity index (χ2n) is 5.39. The Balaban J connectivity index is 2.51. The van der Waals surface area contributed by atoms with E-state index in [9.17, 15) is 0 Å². The van der Waals surface area contributed by atoms with Gasteiger partial charge in [0.2, 0.25) is 0 Å². The number of hydrogen-bond donors (Lipinski definition) is 0. The molecule has 0 fully saturated rings. The first-order chi connectivity index (χ1) is 11.0. The van der Waals surface area contributed by atoms with Crippen molar-refractivity contribution in [3.8, 4) is 11.8 Å². The highest BCUT2D eigenvalue weighted by molar-refractivity contribution is 6.35. The average molecular weight is 367 g/mol. The SMILES string of the molecule is CCCC#CC(Cl)(c1cccnc1)C(C)c1ccc(Cl)cc1Cl. The van der Waals surface area contributed by atoms with Gasteiger partial charge in [-0.25, -0.2) is 0 Å². The molecule has 2 atom stereocenters. The molecule has 0 radical (unpaired) electrons. The molecule has 2 rings (SSSR count). The molecule has 0 N–H and O–H groups in total. The van der Waals surface area contributed by atoms with E-state index in [1.807, 2.05) is 31.2 Å². The number of benzene rings is 1. The molecule has 23 heavy (non-hydrogen) atoms. The molecule has 0 bridgehead atoms. The van der Waals surface area contributed by atoms with Crippen molar-refractivity contribution in [3.05, 3.63) is 63.9 Å². The summed E-state index contributed by atoms with van der Waals surface area (Å²) in [4.78, 5) is 3.30. The van der Waals surface area contributed by atoms with Crippen LogP contribution in [0.25, 0.3) is 0 Å². The van der Waals surface area contributed by atoms with E-state index in [1.165, 1.54) is 0 Å². The predicted octanol–water partition coefficient (Wildman–Crippen LogP) is 6.43. The van der Waals surface area contributed by atoms with E-state index < -0.39 is 4.87 Å². The minimum Gasteiger partial charge on any atom is -0.264 e. The molecule has 1 aromatic carbocycles. The lowest BCUT2D eigenvalue weighted by Gasteiger charge is -2.29. The van der Waals surface area contributed by atoms with Crippen LogP contribution in [0.1, 0.15) is 43.7 Å². The summed E-state index contributed by atoms with van der Waals surface area (Å²) in [5.41, 5.74) is 1.78. The van der Waals surface area contributed by atoms with Crippen molar-refractivity contribution in [2.45, 2.75) is 37.5 Å². The molecular formula is C19H18Cl3N. The summed E-state index contributed by atoms with van der Waals surface area (Å²) in [5, 5.41) is 1.20. The molecular weight excluding hydrogens is 349 g/mol. The van der Waals surface area contributed by atoms with E-state index in [0.717, 1.165) is 24.0 Å². The molecule has 1 aromatic heterocycles. The topological polar surface area (TPSA) is 12.9 Å². The van der Waals surface area contributed by atoms with Gasteiger partial charge < -0.3 is 0 Å². The first-order valence-corrected chi connectivity index (χ1v) is 8.66. The molecule has 120 valence electrons. The second kappa shape index (κ2) is 8.06. The molecule has 0 aliphatic carbocycles. The fourth-order valence-electron chi connectivity index (χ4n) is 2.39. The van der Waals surface area contributed by atoms with Gasteiger partial charge in [0.25, 0.3) is 0 Å². The quantitative estimate of drug-likeness (QED) is 0.449. The summed E-state index contributed by atoms with van der Waals surface area (Å²) in [6, 6.07) is 9.27. The highest BCUT2D eigenvalue weighted by atomic mass is 35.5. The number of rotatable bonds is 4. The van der Waals surface area contributed by atoms with Gasteiger partial charge in [-0.05, 0) is 30.2 Å². The van der Waals surface area contributed by atoms with Crippen LogP contribution >= 0.6 is 34.8 Å². The number of aromatic nitrogens is 1. The Morgan fingerprint density at radius 2 is 2.04 bits per heavy atom. The van der Waals surface area contributed by atoms with E-state index in [1.54, 1.807) is 18.5 Å². The highest BCUT2D eigenvalue weighted by Gasteiger charge is 2.36. The van der Waals surface area contributed by atoms with Crippen molar-refractivity contribution in [3.63, 3.8) is 0 Å². The maximum absolute atomic E-state index is 6.99. The minimum absolute atomic E-state index is 0.123. The second-order valence-corrected chi connectivity index (χ2v) is 6.83. The Kier molecular flexibility index (Phi) is 6.36. The van der Waals surface area contributed by atoms with Gasteiger partial charge in [-0.3, -0.25) is 4.98 Å². The molecule has 0 aliphatic heterocycles. The molecule has 0 spiro atoms. The zero-order chi connectivity index (χ0) is 16.9. The van der Waals surface area contributed by atoms with Crippen molar-refractivity contribution in [2.24, 2.45) is 0 Å². The molecule has 2 unspecified atom stereocenters. The summed E-state index contributed by atoms with van der Waals surface area (Å²) in [7, 11) is 0. The van der Waals surface area contributed by atoms with Gasteiger partial charge in [-0.2, -0.15) is 0 Å². The van der Waals surface area contributed by atoms with Crippen molar-refractivity contribution in [2.75, 3.05) is 0 Å². The van der Waals surface area contributed by atoms with Crippen LogP contribution in [0, 0.1) is 11.8 Å². The van der Waals surface area contributed by atoms with E-state index in [-0.39, 0.29) is 5.92 Å². The van der Waals surface area contributed by atoms with Gasteiger partial charge >= 0.3 is 0 Å². The van der Waals surface area contributed by atoms with E-state index in [2.05, 4.69) is 23.7 Å². The summed E-state index contributed by atoms with van der Waals surface area (Å²) >= 11 is 19.4. The zero-order valence-electron chi connectivity index (χ0n) is 13.1. The zero-order valence-corrected chi connectivity index (χ0v) is 15.4. The standard InChI is InChI=1S/C19H18Cl3N/c1-3-4-5-10-19(22,15-7-6-11-23-13-15)14(2)17-9-8-16(20)12-18(17)21/h6-9,11-14H,3-4H2,1-2H3. The van der Waals surface area contributed by atoms with E-state index in [4.69, 9.17) is 34.8 Å². The predicted molar refractivity (Wildman–Crippen MR) is 99.3 cm³/mol. The average Bonchev–Trinajstić information content (AvgIpc) is 2.55. The number of unbranched alkanes of at least 4 members (excludes halogenated alkanes) is 1. The fourth-order valence-corrected chi connectivity index (χ4v) is 3.26. The van der Waals surface area contributed by atoms with Gasteiger partial charge in [0.15, 0.2) is 0 Å². The molecule has 0 saturated heterocycles. The summed E-state index contributed by atoms with van der Waals surface area (Å²) < 4.78 is 0. The smallest absolute Gasteiger partial charge is 0.138 e. The molecule has 1 nitrogen and oxygen atoms in total. The third-order valence-electron chi connectivity index (χ3n) is 3.75. The number of halogens is 3. The van der Waals surface area contributed by atoms with Crippen LogP contribution in [0.4, 0.5) is 0 Å². The molecule has 0 aliphatic rings. The van der Waals surface area contributed by atoms with Gasteiger partial charge in [0, 0.05) is 40.3 Å². The van der Waals surface area contributed by atoms with Gasteiger partial charge in [0.05, 0.1) is 0 Å². The Bertz CT molecular complexity index is 718. The van der Waals surface area contributed by atoms with Gasteiger partial charge in [-0.15, -0.1) is 5.92 Å². The molecule has 0 amide bonds. The molecule has 1 heterocycles. The van der Waals surface area contributed by atoms with Crippen LogP contribution in [0.15, 0.2) is 42.7 Å². The Morgan fingerprint density at radius 3 is 2.65 bits per heavy atom. The summed E-state index contributed by atoms with van der Waals surface area (Å²) in [5.74, 6) is 6.29. The van der Waals surface area contributed by atoms with Gasteiger partial charge in [-0.1, -0.05) is 66.7 Å². The van der Waals surface area contributed by atoms with Crippen molar-refractivity contribution in [1.29, 1.82) is 0 Å². The van der Waals surface area contributed by atoms with Crippen LogP contribution < -0.4 is 0 Å². The van der Waals surface area contributed by atoms with Gasteiger partial charge in [0.1, 0.15) is 4.87 Å². The summed E-state index contributed by atoms with van der Waals surface area (Å²) in [6.07, 6.45) is 5.27. The largest absolute Gasteiger partial charge is 0.264 e. The lowest BCUT2D eigenvalue weighted by Crippen LogP contribution is -2.25. The maximum Gasteiger partial charge on any atom is 0.138 e. The molecule has 2 aromatic rings. The third-order valence-corrected chi connectivity index (χ3v) is 4.96. The highest BCUT2D eigenvalue weighted by Crippen LogP contribution is 2.44. The summed E-state index contributed by atoms with van der Waals surface area (Å²) in [6.45, 7) is 4.11. The number of alkyl halides is 1. The number of nitrogens with zero attached hydrogens (tertiary/aromatic N) is 1. The lowest BCUT2D eigenvalue weighted by atomic mass is 9.82. The van der Waals surface area contributed by atoms with Crippen LogP contribution in [0.5, 0.6) is 0 Å². The minimum atomic E-state index is -0.888. The van der Waals surface area contributed by atoms with Crippen LogP contribution in [0.2, 0.25) is 10.0 Å². The van der Waals surface area contributed by atoms with Crippen LogP contribution in [-0.2, 0) is 4.87 Å². The first kappa shape index (κ1) is 18.1. The fraction of sp³-hybridized carbons (Fsp3) is 0.316. The maximum atomic E-state index is 6.99. The number of pyridine rings is 1.